The summed E-state index contributed by atoms with van der Waals surface area (Å²) in [4.78, 5) is 0. The van der Waals surface area contributed by atoms with Gasteiger partial charge < -0.3 is 0 Å². The van der Waals surface area contributed by atoms with E-state index < -0.39 is 0 Å². The first-order valence-corrected chi connectivity index (χ1v) is 8.92. The fourth-order valence-corrected chi connectivity index (χ4v) is 1.28. The van der Waals surface area contributed by atoms with Crippen molar-refractivity contribution in [1.29, 1.82) is 0 Å². The number of hydrogen-bond acceptors (Lipinski definition) is 0. The fourth-order valence-electron chi connectivity index (χ4n) is 1.28. The van der Waals surface area contributed by atoms with Crippen LogP contribution in [-0.2, 0) is 0 Å². The lowest BCUT2D eigenvalue weighted by Gasteiger charge is -2.04. The molecule has 0 aromatic rings. The Hall–Kier alpha value is -0.590. The van der Waals surface area contributed by atoms with Crippen molar-refractivity contribution in [3.8, 4) is 0 Å². The van der Waals surface area contributed by atoms with Crippen molar-refractivity contribution in [3.05, 3.63) is 23.0 Å². The fraction of sp³-hybridized carbons (Fsp3) is 0.800. The van der Waals surface area contributed by atoms with E-state index in [1.807, 2.05) is 41.5 Å². The van der Waals surface area contributed by atoms with E-state index in [2.05, 4.69) is 33.8 Å². The molecule has 0 saturated carbocycles. The zero-order chi connectivity index (χ0) is 17.8. The van der Waals surface area contributed by atoms with Gasteiger partial charge in [0.05, 0.1) is 0 Å². The predicted octanol–water partition coefficient (Wildman–Crippen LogP) is 8.49. The van der Waals surface area contributed by atoms with E-state index in [4.69, 9.17) is 0 Å². The van der Waals surface area contributed by atoms with Crippen molar-refractivity contribution in [3.63, 3.8) is 0 Å². The minimum absolute atomic E-state index is 0.0395. The first kappa shape index (κ1) is 28.6. The quantitative estimate of drug-likeness (QED) is 0.446. The Balaban J connectivity index is -0.000000134. The molecule has 0 unspecified atom stereocenters. The Morgan fingerprint density at radius 1 is 0.952 bits per heavy atom. The molecule has 0 aliphatic rings. The summed E-state index contributed by atoms with van der Waals surface area (Å²) in [6.07, 6.45) is 6.37. The molecular formula is C20H43F. The van der Waals surface area contributed by atoms with Gasteiger partial charge in [0.2, 0.25) is 0 Å². The highest BCUT2D eigenvalue weighted by Crippen LogP contribution is 2.19. The van der Waals surface area contributed by atoms with Crippen molar-refractivity contribution in [2.75, 3.05) is 0 Å². The third kappa shape index (κ3) is 24.8. The topological polar surface area (TPSA) is 0 Å². The molecule has 0 amide bonds. The van der Waals surface area contributed by atoms with Gasteiger partial charge in [-0.2, -0.15) is 0 Å². The maximum Gasteiger partial charge on any atom is 0.100 e. The molecule has 0 aliphatic carbocycles. The van der Waals surface area contributed by atoms with Gasteiger partial charge in [-0.05, 0) is 43.8 Å². The molecule has 0 saturated heterocycles. The molecule has 130 valence electrons. The normalized spacial score (nSPS) is 11.2. The first-order valence-electron chi connectivity index (χ1n) is 8.92. The lowest BCUT2D eigenvalue weighted by molar-refractivity contribution is 0.623. The molecule has 0 rings (SSSR count). The summed E-state index contributed by atoms with van der Waals surface area (Å²) < 4.78 is 12.9. The van der Waals surface area contributed by atoms with E-state index in [0.717, 1.165) is 36.3 Å². The standard InChI is InChI=1S/C11H19F.C5H12.2C2H6/c1-5-7-8-9(3)11(6-2)10(4)12;1-4-5(2)3;2*1-2/h8H,5-7H2,1-4H3;5H,4H2,1-3H3;2*1-2H3/b9-8+,11-10+;;;. The summed E-state index contributed by atoms with van der Waals surface area (Å²) in [6.45, 7) is 22.3. The maximum atomic E-state index is 12.9. The van der Waals surface area contributed by atoms with Crippen LogP contribution in [0, 0.1) is 5.92 Å². The smallest absolute Gasteiger partial charge is 0.100 e. The first-order chi connectivity index (χ1) is 9.90. The van der Waals surface area contributed by atoms with Crippen LogP contribution in [-0.4, -0.2) is 0 Å². The van der Waals surface area contributed by atoms with Crippen molar-refractivity contribution in [2.45, 2.75) is 102 Å². The van der Waals surface area contributed by atoms with Gasteiger partial charge in [0.25, 0.3) is 0 Å². The number of halogens is 1. The lowest BCUT2D eigenvalue weighted by Crippen LogP contribution is -1.86. The van der Waals surface area contributed by atoms with Gasteiger partial charge in [-0.3, -0.25) is 0 Å². The zero-order valence-electron chi connectivity index (χ0n) is 16.9. The molecule has 0 aromatic heterocycles. The molecule has 0 N–H and O–H groups in total. The molecule has 0 aliphatic heterocycles. The van der Waals surface area contributed by atoms with Gasteiger partial charge in [0.1, 0.15) is 5.83 Å². The van der Waals surface area contributed by atoms with Crippen LogP contribution in [0.4, 0.5) is 4.39 Å². The number of rotatable bonds is 5. The van der Waals surface area contributed by atoms with Gasteiger partial charge >= 0.3 is 0 Å². The highest BCUT2D eigenvalue weighted by molar-refractivity contribution is 5.30. The Morgan fingerprint density at radius 2 is 1.33 bits per heavy atom. The minimum atomic E-state index is -0.0395. The number of unbranched alkanes of at least 4 members (excludes halogenated alkanes) is 1. The second-order valence-electron chi connectivity index (χ2n) is 4.84. The van der Waals surface area contributed by atoms with E-state index in [1.165, 1.54) is 13.3 Å². The Bertz CT molecular complexity index is 230. The van der Waals surface area contributed by atoms with Crippen LogP contribution in [0.2, 0.25) is 0 Å². The Labute approximate surface area is 135 Å². The van der Waals surface area contributed by atoms with Gasteiger partial charge in [-0.1, -0.05) is 81.2 Å². The monoisotopic (exact) mass is 302 g/mol. The van der Waals surface area contributed by atoms with Gasteiger partial charge in [0, 0.05) is 0 Å². The molecule has 0 aromatic carbocycles. The van der Waals surface area contributed by atoms with Crippen LogP contribution in [0.5, 0.6) is 0 Å². The van der Waals surface area contributed by atoms with Crippen LogP contribution in [0.1, 0.15) is 102 Å². The van der Waals surface area contributed by atoms with Gasteiger partial charge in [-0.25, -0.2) is 4.39 Å². The summed E-state index contributed by atoms with van der Waals surface area (Å²) in [5.41, 5.74) is 1.96. The van der Waals surface area contributed by atoms with Crippen molar-refractivity contribution < 1.29 is 4.39 Å². The minimum Gasteiger partial charge on any atom is -0.212 e. The van der Waals surface area contributed by atoms with E-state index in [9.17, 15) is 4.39 Å². The highest BCUT2D eigenvalue weighted by atomic mass is 19.1. The lowest BCUT2D eigenvalue weighted by atomic mass is 10.0. The van der Waals surface area contributed by atoms with Crippen LogP contribution < -0.4 is 0 Å². The second-order valence-corrected chi connectivity index (χ2v) is 4.84. The summed E-state index contributed by atoms with van der Waals surface area (Å²) in [5.74, 6) is 0.845. The molecule has 0 fully saturated rings. The SMILES string of the molecule is CC.CC.CCC(C)C.CCC/C=C(C)/C(CC)=C(\C)F. The summed E-state index contributed by atoms with van der Waals surface area (Å²) in [5, 5.41) is 0. The Morgan fingerprint density at radius 3 is 1.52 bits per heavy atom. The van der Waals surface area contributed by atoms with E-state index in [1.54, 1.807) is 0 Å². The molecule has 1 heteroatoms. The average Bonchev–Trinajstić information content (AvgIpc) is 2.50. The third-order valence-electron chi connectivity index (χ3n) is 2.80. The van der Waals surface area contributed by atoms with Gasteiger partial charge in [-0.15, -0.1) is 0 Å². The van der Waals surface area contributed by atoms with Crippen LogP contribution in [0.15, 0.2) is 23.0 Å². The summed E-state index contributed by atoms with van der Waals surface area (Å²) in [6, 6.07) is 0. The molecule has 0 nitrogen and oxygen atoms in total. The zero-order valence-corrected chi connectivity index (χ0v) is 16.9. The van der Waals surface area contributed by atoms with Crippen LogP contribution >= 0.6 is 0 Å². The largest absolute Gasteiger partial charge is 0.212 e. The molecule has 0 bridgehead atoms. The van der Waals surface area contributed by atoms with E-state index in [-0.39, 0.29) is 5.83 Å². The molecule has 0 spiro atoms. The molecular weight excluding hydrogens is 259 g/mol. The van der Waals surface area contributed by atoms with Crippen LogP contribution in [0.3, 0.4) is 0 Å². The van der Waals surface area contributed by atoms with Crippen molar-refractivity contribution in [2.24, 2.45) is 5.92 Å². The summed E-state index contributed by atoms with van der Waals surface area (Å²) >= 11 is 0. The van der Waals surface area contributed by atoms with E-state index >= 15 is 0 Å². The van der Waals surface area contributed by atoms with Gasteiger partial charge in [0.15, 0.2) is 0 Å². The van der Waals surface area contributed by atoms with Crippen molar-refractivity contribution >= 4 is 0 Å². The Kier molecular flexibility index (Phi) is 33.2. The second kappa shape index (κ2) is 24.4. The number of allylic oxidation sites excluding steroid dienone is 4. The number of hydrogen-bond donors (Lipinski definition) is 0. The van der Waals surface area contributed by atoms with Crippen LogP contribution in [0.25, 0.3) is 0 Å². The van der Waals surface area contributed by atoms with E-state index in [0.29, 0.717) is 0 Å². The molecule has 0 radical (unpaired) electrons. The average molecular weight is 303 g/mol. The molecule has 21 heavy (non-hydrogen) atoms. The molecule has 0 atom stereocenters. The maximum absolute atomic E-state index is 12.9. The molecule has 0 heterocycles. The summed E-state index contributed by atoms with van der Waals surface area (Å²) in [7, 11) is 0. The van der Waals surface area contributed by atoms with Crippen molar-refractivity contribution in [1.82, 2.24) is 0 Å². The third-order valence-corrected chi connectivity index (χ3v) is 2.80. The predicted molar refractivity (Wildman–Crippen MR) is 101 cm³/mol. The highest BCUT2D eigenvalue weighted by Gasteiger charge is 2.01.